The van der Waals surface area contributed by atoms with Crippen molar-refractivity contribution in [2.24, 2.45) is 0 Å². The highest BCUT2D eigenvalue weighted by Gasteiger charge is 2.48. The molecule has 0 saturated carbocycles. The Morgan fingerprint density at radius 2 is 1.67 bits per heavy atom. The maximum atomic E-state index is 13.4. The molecule has 0 aliphatic carbocycles. The van der Waals surface area contributed by atoms with Gasteiger partial charge in [-0.3, -0.25) is 14.5 Å². The van der Waals surface area contributed by atoms with Crippen LogP contribution in [0.2, 0.25) is 0 Å². The van der Waals surface area contributed by atoms with Crippen LogP contribution in [0.1, 0.15) is 17.2 Å². The predicted octanol–water partition coefficient (Wildman–Crippen LogP) is 4.95. The van der Waals surface area contributed by atoms with Gasteiger partial charge in [0.1, 0.15) is 11.5 Å². The first-order valence-corrected chi connectivity index (χ1v) is 11.8. The second-order valence-electron chi connectivity index (χ2n) is 7.98. The summed E-state index contributed by atoms with van der Waals surface area (Å²) < 4.78 is 16.9. The lowest BCUT2D eigenvalue weighted by Crippen LogP contribution is -2.29. The lowest BCUT2D eigenvalue weighted by atomic mass is 9.95. The highest BCUT2D eigenvalue weighted by Crippen LogP contribution is 2.46. The van der Waals surface area contributed by atoms with E-state index in [1.807, 2.05) is 6.07 Å². The van der Waals surface area contributed by atoms with Crippen molar-refractivity contribution in [2.45, 2.75) is 6.04 Å². The predicted molar refractivity (Wildman–Crippen MR) is 137 cm³/mol. The number of carbonyl (C=O) groups is 2. The van der Waals surface area contributed by atoms with Gasteiger partial charge in [0.15, 0.2) is 16.6 Å². The fourth-order valence-corrected chi connectivity index (χ4v) is 5.26. The molecule has 1 atom stereocenters. The fraction of sp³-hybridized carbons (Fsp3) is 0.148. The van der Waals surface area contributed by atoms with Crippen LogP contribution in [0.4, 0.5) is 5.13 Å². The number of benzene rings is 3. The van der Waals surface area contributed by atoms with Crippen molar-refractivity contribution in [1.82, 2.24) is 4.98 Å². The molecule has 1 unspecified atom stereocenters. The summed E-state index contributed by atoms with van der Waals surface area (Å²) in [6, 6.07) is 18.2. The summed E-state index contributed by atoms with van der Waals surface area (Å²) in [6.45, 7) is 0. The van der Waals surface area contributed by atoms with E-state index in [0.717, 1.165) is 4.70 Å². The van der Waals surface area contributed by atoms with Crippen molar-refractivity contribution < 1.29 is 28.9 Å². The number of fused-ring (bicyclic) bond motifs is 1. The van der Waals surface area contributed by atoms with Gasteiger partial charge in [-0.15, -0.1) is 0 Å². The molecule has 1 aliphatic rings. The van der Waals surface area contributed by atoms with E-state index in [-0.39, 0.29) is 11.3 Å². The molecule has 182 valence electrons. The number of thiazole rings is 1. The molecule has 4 aromatic rings. The number of methoxy groups -OCH3 is 3. The largest absolute Gasteiger partial charge is 0.507 e. The van der Waals surface area contributed by atoms with Crippen molar-refractivity contribution in [3.63, 3.8) is 0 Å². The molecular weight excluding hydrogens is 480 g/mol. The summed E-state index contributed by atoms with van der Waals surface area (Å²) >= 11 is 1.26. The van der Waals surface area contributed by atoms with E-state index < -0.39 is 17.7 Å². The highest BCUT2D eigenvalue weighted by atomic mass is 32.1. The maximum absolute atomic E-state index is 13.4. The summed E-state index contributed by atoms with van der Waals surface area (Å²) in [5.41, 5.74) is 1.61. The van der Waals surface area contributed by atoms with Crippen molar-refractivity contribution in [3.8, 4) is 17.2 Å². The first-order chi connectivity index (χ1) is 17.5. The van der Waals surface area contributed by atoms with Crippen LogP contribution in [0.3, 0.4) is 0 Å². The summed E-state index contributed by atoms with van der Waals surface area (Å²) in [4.78, 5) is 32.8. The molecule has 1 aromatic heterocycles. The minimum Gasteiger partial charge on any atom is -0.507 e. The van der Waals surface area contributed by atoms with Gasteiger partial charge in [0.25, 0.3) is 5.78 Å². The zero-order valence-corrected chi connectivity index (χ0v) is 20.5. The Morgan fingerprint density at radius 3 is 2.36 bits per heavy atom. The van der Waals surface area contributed by atoms with E-state index in [9.17, 15) is 14.7 Å². The minimum absolute atomic E-state index is 0.0322. The summed E-state index contributed by atoms with van der Waals surface area (Å²) in [6.07, 6.45) is 0. The van der Waals surface area contributed by atoms with Gasteiger partial charge in [0, 0.05) is 5.56 Å². The lowest BCUT2D eigenvalue weighted by molar-refractivity contribution is -0.132. The Bertz CT molecular complexity index is 1510. The minimum atomic E-state index is -0.938. The third kappa shape index (κ3) is 3.83. The molecule has 9 heteroatoms. The van der Waals surface area contributed by atoms with Gasteiger partial charge in [0.2, 0.25) is 0 Å². The van der Waals surface area contributed by atoms with E-state index in [0.29, 0.717) is 39.0 Å². The number of aliphatic hydroxyl groups is 1. The quantitative estimate of drug-likeness (QED) is 0.226. The zero-order valence-electron chi connectivity index (χ0n) is 19.7. The molecule has 5 rings (SSSR count). The molecule has 0 bridgehead atoms. The molecule has 1 fully saturated rings. The molecule has 1 saturated heterocycles. The van der Waals surface area contributed by atoms with Crippen LogP contribution >= 0.6 is 11.3 Å². The van der Waals surface area contributed by atoms with Gasteiger partial charge in [-0.1, -0.05) is 47.7 Å². The van der Waals surface area contributed by atoms with Crippen LogP contribution in [-0.2, 0) is 9.59 Å². The standard InChI is InChI=1S/C27H22N2O6S/c1-33-17-10-11-18-21(14-17)36-27(28-18)29-23(16-9-12-19(34-2)20(13-16)35-3)22(25(31)26(29)32)24(30)15-7-5-4-6-8-15/h4-14,23,30H,1-3H3/b24-22+. The number of Topliss-reactive ketones (excluding diaryl/α,β-unsaturated/α-hetero) is 1. The highest BCUT2D eigenvalue weighted by molar-refractivity contribution is 7.22. The van der Waals surface area contributed by atoms with Gasteiger partial charge in [0.05, 0.1) is 43.2 Å². The molecule has 0 radical (unpaired) electrons. The van der Waals surface area contributed by atoms with Crippen molar-refractivity contribution >= 4 is 44.1 Å². The Labute approximate surface area is 211 Å². The Hall–Kier alpha value is -4.37. The number of aromatic nitrogens is 1. The van der Waals surface area contributed by atoms with Gasteiger partial charge >= 0.3 is 5.91 Å². The number of ether oxygens (including phenoxy) is 3. The monoisotopic (exact) mass is 502 g/mol. The third-order valence-corrected chi connectivity index (χ3v) is 7.02. The van der Waals surface area contributed by atoms with Crippen molar-refractivity contribution in [1.29, 1.82) is 0 Å². The molecule has 0 spiro atoms. The average Bonchev–Trinajstić information content (AvgIpc) is 3.45. The van der Waals surface area contributed by atoms with Crippen LogP contribution in [0.5, 0.6) is 17.2 Å². The number of nitrogens with zero attached hydrogens (tertiary/aromatic N) is 2. The summed E-state index contributed by atoms with van der Waals surface area (Å²) in [5.74, 6) is -0.270. The topological polar surface area (TPSA) is 98.2 Å². The van der Waals surface area contributed by atoms with Crippen LogP contribution in [0, 0.1) is 0 Å². The van der Waals surface area contributed by atoms with Gasteiger partial charge in [-0.25, -0.2) is 4.98 Å². The van der Waals surface area contributed by atoms with Crippen LogP contribution in [-0.4, -0.2) is 43.1 Å². The Balaban J connectivity index is 1.74. The first kappa shape index (κ1) is 23.4. The molecule has 3 aromatic carbocycles. The summed E-state index contributed by atoms with van der Waals surface area (Å²) in [7, 11) is 4.60. The number of hydrogen-bond donors (Lipinski definition) is 1. The van der Waals surface area contributed by atoms with E-state index in [1.165, 1.54) is 30.5 Å². The first-order valence-electron chi connectivity index (χ1n) is 11.0. The van der Waals surface area contributed by atoms with Gasteiger partial charge < -0.3 is 19.3 Å². The van der Waals surface area contributed by atoms with Crippen molar-refractivity contribution in [3.05, 3.63) is 83.4 Å². The van der Waals surface area contributed by atoms with Crippen LogP contribution in [0.15, 0.2) is 72.3 Å². The molecule has 36 heavy (non-hydrogen) atoms. The SMILES string of the molecule is COc1ccc2nc(N3C(=O)C(=O)/C(=C(/O)c4ccccc4)C3c3ccc(OC)c(OC)c3)sc2c1. The van der Waals surface area contributed by atoms with Gasteiger partial charge in [-0.05, 0) is 35.9 Å². The van der Waals surface area contributed by atoms with Crippen LogP contribution < -0.4 is 19.1 Å². The number of carbonyl (C=O) groups excluding carboxylic acids is 2. The lowest BCUT2D eigenvalue weighted by Gasteiger charge is -2.23. The normalized spacial score (nSPS) is 17.0. The number of aliphatic hydroxyl groups excluding tert-OH is 1. The second-order valence-corrected chi connectivity index (χ2v) is 8.99. The van der Waals surface area contributed by atoms with Gasteiger partial charge in [-0.2, -0.15) is 0 Å². The number of ketones is 1. The van der Waals surface area contributed by atoms with E-state index >= 15 is 0 Å². The van der Waals surface area contributed by atoms with Crippen molar-refractivity contribution in [2.75, 3.05) is 26.2 Å². The molecular formula is C27H22N2O6S. The average molecular weight is 503 g/mol. The second kappa shape index (κ2) is 9.35. The molecule has 1 N–H and O–H groups in total. The fourth-order valence-electron chi connectivity index (χ4n) is 4.24. The number of rotatable bonds is 6. The molecule has 1 aliphatic heterocycles. The number of amides is 1. The smallest absolute Gasteiger partial charge is 0.301 e. The third-order valence-electron chi connectivity index (χ3n) is 6.01. The summed E-state index contributed by atoms with van der Waals surface area (Å²) in [5, 5.41) is 11.6. The molecule has 2 heterocycles. The Morgan fingerprint density at radius 1 is 0.917 bits per heavy atom. The number of hydrogen-bond acceptors (Lipinski definition) is 8. The zero-order chi connectivity index (χ0) is 25.4. The number of anilines is 1. The Kier molecular flexibility index (Phi) is 6.07. The maximum Gasteiger partial charge on any atom is 0.301 e. The van der Waals surface area contributed by atoms with E-state index in [4.69, 9.17) is 14.2 Å². The molecule has 8 nitrogen and oxygen atoms in total. The van der Waals surface area contributed by atoms with Crippen LogP contribution in [0.25, 0.3) is 16.0 Å². The molecule has 1 amide bonds. The van der Waals surface area contributed by atoms with E-state index in [1.54, 1.807) is 67.8 Å². The van der Waals surface area contributed by atoms with E-state index in [2.05, 4.69) is 4.98 Å².